The second-order valence-corrected chi connectivity index (χ2v) is 18.7. The third-order valence-corrected chi connectivity index (χ3v) is 14.3. The van der Waals surface area contributed by atoms with E-state index in [4.69, 9.17) is 0 Å². The first kappa shape index (κ1) is 45.1. The Hall–Kier alpha value is -6.44. The van der Waals surface area contributed by atoms with Crippen LogP contribution in [0.15, 0.2) is 73.1 Å². The number of anilines is 4. The van der Waals surface area contributed by atoms with Crippen LogP contribution >= 0.6 is 0 Å². The molecule has 19 heteroatoms. The van der Waals surface area contributed by atoms with Gasteiger partial charge in [-0.15, -0.1) is 0 Å². The number of carbonyl (C=O) groups is 4. The van der Waals surface area contributed by atoms with Crippen LogP contribution in [0, 0.1) is 18.6 Å². The SMILES string of the molecule is CCN(C)S(=O)(=O)Nc1ccc(F)c(C(=O)c2c[nH]c3ncc(-c4ccc(N5CCN(C(=O)CC6(O)CCN(c7ccc(NC8CCC(=O)NC8=O)cc7F)CC6)CC5)cc4)cc23)c1C. The molecule has 5 aromatic rings. The van der Waals surface area contributed by atoms with E-state index in [1.807, 2.05) is 29.2 Å². The summed E-state index contributed by atoms with van der Waals surface area (Å²) in [6, 6.07) is 16.0. The zero-order valence-corrected chi connectivity index (χ0v) is 37.1. The van der Waals surface area contributed by atoms with E-state index in [2.05, 4.69) is 30.2 Å². The number of amides is 3. The lowest BCUT2D eigenvalue weighted by molar-refractivity contribution is -0.138. The first-order valence-electron chi connectivity index (χ1n) is 21.6. The molecule has 8 rings (SSSR count). The van der Waals surface area contributed by atoms with Gasteiger partial charge >= 0.3 is 10.2 Å². The fourth-order valence-electron chi connectivity index (χ4n) is 8.64. The van der Waals surface area contributed by atoms with Gasteiger partial charge in [0.15, 0.2) is 5.78 Å². The fraction of sp³-hybridized carbons (Fsp3) is 0.370. The third kappa shape index (κ3) is 9.53. The number of pyridine rings is 1. The predicted octanol–water partition coefficient (Wildman–Crippen LogP) is 4.94. The van der Waals surface area contributed by atoms with Crippen molar-refractivity contribution in [2.24, 2.45) is 0 Å². The Labute approximate surface area is 375 Å². The molecule has 65 heavy (non-hydrogen) atoms. The number of aliphatic hydroxyl groups is 1. The highest BCUT2D eigenvalue weighted by Crippen LogP contribution is 2.34. The summed E-state index contributed by atoms with van der Waals surface area (Å²) in [7, 11) is -2.51. The van der Waals surface area contributed by atoms with Crippen molar-refractivity contribution >= 4 is 67.5 Å². The van der Waals surface area contributed by atoms with Crippen LogP contribution in [-0.4, -0.2) is 121 Å². The topological polar surface area (TPSA) is 200 Å². The molecular weight excluding hydrogens is 861 g/mol. The number of aromatic nitrogens is 2. The highest BCUT2D eigenvalue weighted by atomic mass is 32.2. The van der Waals surface area contributed by atoms with Crippen LogP contribution in [0.4, 0.5) is 31.5 Å². The second-order valence-electron chi connectivity index (χ2n) is 16.9. The third-order valence-electron chi connectivity index (χ3n) is 12.8. The fourth-order valence-corrected chi connectivity index (χ4v) is 9.63. The quantitative estimate of drug-likeness (QED) is 0.0792. The molecule has 0 spiro atoms. The molecule has 3 fully saturated rings. The maximum atomic E-state index is 15.3. The number of H-pyrrole nitrogens is 1. The number of imide groups is 1. The van der Waals surface area contributed by atoms with Crippen molar-refractivity contribution in [2.45, 2.75) is 57.6 Å². The summed E-state index contributed by atoms with van der Waals surface area (Å²) in [6.07, 6.45) is 4.23. The lowest BCUT2D eigenvalue weighted by Crippen LogP contribution is -2.52. The van der Waals surface area contributed by atoms with Crippen molar-refractivity contribution in [3.63, 3.8) is 0 Å². The largest absolute Gasteiger partial charge is 0.389 e. The molecular formula is C46H51F2N9O7S. The number of hydrogen-bond acceptors (Lipinski definition) is 11. The molecule has 3 aliphatic rings. The number of benzene rings is 3. The minimum absolute atomic E-state index is 0.0288. The smallest absolute Gasteiger partial charge is 0.301 e. The summed E-state index contributed by atoms with van der Waals surface area (Å²) < 4.78 is 59.5. The van der Waals surface area contributed by atoms with Crippen molar-refractivity contribution in [3.8, 4) is 11.1 Å². The van der Waals surface area contributed by atoms with Crippen molar-refractivity contribution in [2.75, 3.05) is 72.7 Å². The lowest BCUT2D eigenvalue weighted by Gasteiger charge is -2.41. The van der Waals surface area contributed by atoms with Gasteiger partial charge in [0.1, 0.15) is 23.3 Å². The predicted molar refractivity (Wildman–Crippen MR) is 243 cm³/mol. The maximum Gasteiger partial charge on any atom is 0.301 e. The standard InChI is InChI=1S/C46H51F2N9O7S/c1-4-54(3)65(63,64)53-37-11-10-35(47)42(28(37)2)43(60)34-27-50-44-33(34)23-30(26-49-44)29-5-8-32(9-6-29)55-19-21-57(22-20-55)41(59)25-46(62)15-17-56(18-16-46)39-13-7-31(24-36(39)48)51-38-12-14-40(58)52-45(38)61/h5-11,13,23-24,26-27,38,51,53,62H,4,12,14-22,25H2,1-3H3,(H,49,50)(H,52,58,61). The molecule has 3 saturated heterocycles. The zero-order chi connectivity index (χ0) is 46.2. The number of ketones is 1. The van der Waals surface area contributed by atoms with E-state index in [9.17, 15) is 32.7 Å². The van der Waals surface area contributed by atoms with Gasteiger partial charge < -0.3 is 30.1 Å². The number of nitrogens with zero attached hydrogens (tertiary/aromatic N) is 5. The summed E-state index contributed by atoms with van der Waals surface area (Å²) in [6.45, 7) is 6.23. The minimum Gasteiger partial charge on any atom is -0.389 e. The van der Waals surface area contributed by atoms with E-state index in [-0.39, 0.29) is 53.6 Å². The molecule has 342 valence electrons. The molecule has 3 amide bonds. The molecule has 0 radical (unpaired) electrons. The van der Waals surface area contributed by atoms with Crippen molar-refractivity contribution in [1.82, 2.24) is 24.5 Å². The molecule has 1 atom stereocenters. The van der Waals surface area contributed by atoms with Crippen LogP contribution in [0.25, 0.3) is 22.2 Å². The number of halogens is 2. The molecule has 0 aliphatic carbocycles. The Kier molecular flexibility index (Phi) is 12.6. The average molecular weight is 912 g/mol. The Morgan fingerprint density at radius 2 is 1.66 bits per heavy atom. The normalized spacial score (nSPS) is 18.0. The summed E-state index contributed by atoms with van der Waals surface area (Å²) in [5.41, 5.74) is 2.70. The summed E-state index contributed by atoms with van der Waals surface area (Å²) >= 11 is 0. The number of aromatic amines is 1. The van der Waals surface area contributed by atoms with Gasteiger partial charge in [-0.3, -0.25) is 29.2 Å². The van der Waals surface area contributed by atoms with Crippen LogP contribution in [0.2, 0.25) is 0 Å². The Bertz CT molecular complexity index is 2770. The summed E-state index contributed by atoms with van der Waals surface area (Å²) in [4.78, 5) is 64.2. The molecule has 5 N–H and O–H groups in total. The first-order valence-corrected chi connectivity index (χ1v) is 23.0. The van der Waals surface area contributed by atoms with Gasteiger partial charge in [-0.1, -0.05) is 19.1 Å². The van der Waals surface area contributed by atoms with Crippen molar-refractivity contribution in [1.29, 1.82) is 0 Å². The van der Waals surface area contributed by atoms with E-state index in [0.29, 0.717) is 80.9 Å². The molecule has 16 nitrogen and oxygen atoms in total. The Balaban J connectivity index is 0.851. The lowest BCUT2D eigenvalue weighted by atomic mass is 9.87. The number of fused-ring (bicyclic) bond motifs is 1. The number of piperazine rings is 1. The number of rotatable bonds is 13. The molecule has 0 saturated carbocycles. The van der Waals surface area contributed by atoms with Gasteiger partial charge in [-0.05, 0) is 85.8 Å². The molecule has 0 bridgehead atoms. The van der Waals surface area contributed by atoms with Crippen LogP contribution < -0.4 is 25.2 Å². The number of hydrogen-bond donors (Lipinski definition) is 5. The van der Waals surface area contributed by atoms with E-state index >= 15 is 8.78 Å². The van der Waals surface area contributed by atoms with Gasteiger partial charge in [0.25, 0.3) is 0 Å². The minimum atomic E-state index is -3.92. The van der Waals surface area contributed by atoms with Crippen LogP contribution in [-0.2, 0) is 24.6 Å². The van der Waals surface area contributed by atoms with Gasteiger partial charge in [0.2, 0.25) is 17.7 Å². The van der Waals surface area contributed by atoms with E-state index in [0.717, 1.165) is 27.2 Å². The van der Waals surface area contributed by atoms with Gasteiger partial charge in [0.05, 0.1) is 29.0 Å². The molecule has 3 aliphatic heterocycles. The maximum absolute atomic E-state index is 15.3. The van der Waals surface area contributed by atoms with Crippen molar-refractivity contribution < 1.29 is 41.5 Å². The molecule has 2 aromatic heterocycles. The highest BCUT2D eigenvalue weighted by Gasteiger charge is 2.37. The zero-order valence-electron chi connectivity index (χ0n) is 36.3. The average Bonchev–Trinajstić information content (AvgIpc) is 3.72. The highest BCUT2D eigenvalue weighted by molar-refractivity contribution is 7.90. The van der Waals surface area contributed by atoms with Gasteiger partial charge in [0, 0.05) is 99.6 Å². The summed E-state index contributed by atoms with van der Waals surface area (Å²) in [5.74, 6) is -2.78. The Morgan fingerprint density at radius 3 is 2.34 bits per heavy atom. The van der Waals surface area contributed by atoms with Gasteiger partial charge in [-0.2, -0.15) is 12.7 Å². The van der Waals surface area contributed by atoms with Crippen LogP contribution in [0.3, 0.4) is 0 Å². The molecule has 1 unspecified atom stereocenters. The van der Waals surface area contributed by atoms with Gasteiger partial charge in [-0.25, -0.2) is 13.8 Å². The summed E-state index contributed by atoms with van der Waals surface area (Å²) in [5, 5.41) is 17.2. The number of piperidine rings is 2. The van der Waals surface area contributed by atoms with E-state index in [1.54, 1.807) is 36.2 Å². The van der Waals surface area contributed by atoms with Crippen LogP contribution in [0.1, 0.15) is 60.5 Å². The number of nitrogens with one attached hydrogen (secondary N) is 4. The molecule has 5 heterocycles. The molecule has 3 aromatic carbocycles. The monoisotopic (exact) mass is 911 g/mol. The van der Waals surface area contributed by atoms with E-state index < -0.39 is 45.2 Å². The first-order chi connectivity index (χ1) is 31.0. The number of carbonyl (C=O) groups excluding carboxylic acids is 4. The second kappa shape index (κ2) is 18.2. The van der Waals surface area contributed by atoms with Crippen LogP contribution in [0.5, 0.6) is 0 Å². The Morgan fingerprint density at radius 1 is 0.938 bits per heavy atom. The van der Waals surface area contributed by atoms with E-state index in [1.165, 1.54) is 32.3 Å². The van der Waals surface area contributed by atoms with Crippen molar-refractivity contribution in [3.05, 3.63) is 101 Å².